The van der Waals surface area contributed by atoms with Gasteiger partial charge in [0.15, 0.2) is 0 Å². The molecule has 1 unspecified atom stereocenters. The lowest BCUT2D eigenvalue weighted by Gasteiger charge is -2.12. The van der Waals surface area contributed by atoms with Gasteiger partial charge in [-0.05, 0) is 47.5 Å². The lowest BCUT2D eigenvalue weighted by atomic mass is 10.1. The molecule has 1 aromatic heterocycles. The Morgan fingerprint density at radius 2 is 1.96 bits per heavy atom. The van der Waals surface area contributed by atoms with E-state index < -0.39 is 6.10 Å². The summed E-state index contributed by atoms with van der Waals surface area (Å²) < 4.78 is 6.73. The molecule has 5 heteroatoms. The van der Waals surface area contributed by atoms with Gasteiger partial charge in [-0.25, -0.2) is 0 Å². The SMILES string of the molecule is CCCCOc1ccc(C(=O)NCC(O)c2csc3ccccc23)cc1. The van der Waals surface area contributed by atoms with Crippen LogP contribution in [0.4, 0.5) is 0 Å². The first-order valence-electron chi connectivity index (χ1n) is 8.84. The van der Waals surface area contributed by atoms with Crippen molar-refractivity contribution in [3.8, 4) is 5.75 Å². The maximum absolute atomic E-state index is 12.3. The summed E-state index contributed by atoms with van der Waals surface area (Å²) in [6.45, 7) is 2.97. The predicted octanol–water partition coefficient (Wildman–Crippen LogP) is 4.54. The van der Waals surface area contributed by atoms with Crippen LogP contribution in [0.1, 0.15) is 41.8 Å². The third-order valence-corrected chi connectivity index (χ3v) is 5.19. The van der Waals surface area contributed by atoms with E-state index in [1.807, 2.05) is 29.6 Å². The molecule has 2 aromatic carbocycles. The molecule has 1 atom stereocenters. The zero-order chi connectivity index (χ0) is 18.4. The average Bonchev–Trinajstić information content (AvgIpc) is 3.11. The molecule has 3 rings (SSSR count). The Morgan fingerprint density at radius 1 is 1.19 bits per heavy atom. The van der Waals surface area contributed by atoms with Crippen molar-refractivity contribution in [2.45, 2.75) is 25.9 Å². The number of nitrogens with one attached hydrogen (secondary N) is 1. The van der Waals surface area contributed by atoms with Crippen LogP contribution in [0.15, 0.2) is 53.9 Å². The summed E-state index contributed by atoms with van der Waals surface area (Å²) in [6.07, 6.45) is 1.37. The summed E-state index contributed by atoms with van der Waals surface area (Å²) in [6, 6.07) is 15.0. The van der Waals surface area contributed by atoms with Crippen molar-refractivity contribution >= 4 is 27.3 Å². The molecule has 4 nitrogen and oxygen atoms in total. The summed E-state index contributed by atoms with van der Waals surface area (Å²) in [5, 5.41) is 16.2. The zero-order valence-corrected chi connectivity index (χ0v) is 15.6. The maximum Gasteiger partial charge on any atom is 0.251 e. The van der Waals surface area contributed by atoms with E-state index in [1.54, 1.807) is 35.6 Å². The molecular formula is C21H23NO3S. The van der Waals surface area contributed by atoms with Gasteiger partial charge in [0.1, 0.15) is 5.75 Å². The van der Waals surface area contributed by atoms with Crippen molar-refractivity contribution in [1.82, 2.24) is 5.32 Å². The number of amides is 1. The lowest BCUT2D eigenvalue weighted by molar-refractivity contribution is 0.0917. The third-order valence-electron chi connectivity index (χ3n) is 4.21. The lowest BCUT2D eigenvalue weighted by Crippen LogP contribution is -2.28. The predicted molar refractivity (Wildman–Crippen MR) is 106 cm³/mol. The number of hydrogen-bond acceptors (Lipinski definition) is 4. The van der Waals surface area contributed by atoms with E-state index in [4.69, 9.17) is 4.74 Å². The first-order valence-corrected chi connectivity index (χ1v) is 9.72. The van der Waals surface area contributed by atoms with Crippen LogP contribution < -0.4 is 10.1 Å². The van der Waals surface area contributed by atoms with Crippen LogP contribution in [0.5, 0.6) is 5.75 Å². The smallest absolute Gasteiger partial charge is 0.251 e. The van der Waals surface area contributed by atoms with Gasteiger partial charge in [0.2, 0.25) is 0 Å². The third kappa shape index (κ3) is 4.42. The molecule has 0 aliphatic carbocycles. The van der Waals surface area contributed by atoms with Crippen LogP contribution in [0.25, 0.3) is 10.1 Å². The fourth-order valence-corrected chi connectivity index (χ4v) is 3.70. The number of fused-ring (bicyclic) bond motifs is 1. The Hall–Kier alpha value is -2.37. The Balaban J connectivity index is 1.56. The quantitative estimate of drug-likeness (QED) is 0.573. The van der Waals surface area contributed by atoms with E-state index >= 15 is 0 Å². The van der Waals surface area contributed by atoms with E-state index in [1.165, 1.54) is 0 Å². The summed E-state index contributed by atoms with van der Waals surface area (Å²) in [5.74, 6) is 0.559. The van der Waals surface area contributed by atoms with E-state index in [0.29, 0.717) is 12.2 Å². The van der Waals surface area contributed by atoms with Gasteiger partial charge in [-0.3, -0.25) is 4.79 Å². The number of ether oxygens (including phenoxy) is 1. The molecule has 136 valence electrons. The summed E-state index contributed by atoms with van der Waals surface area (Å²) >= 11 is 1.60. The maximum atomic E-state index is 12.3. The van der Waals surface area contributed by atoms with E-state index in [0.717, 1.165) is 34.2 Å². The first-order chi connectivity index (χ1) is 12.7. The van der Waals surface area contributed by atoms with Gasteiger partial charge in [0.05, 0.1) is 12.7 Å². The first kappa shape index (κ1) is 18.4. The number of rotatable bonds is 8. The van der Waals surface area contributed by atoms with E-state index in [-0.39, 0.29) is 12.5 Å². The highest BCUT2D eigenvalue weighted by Crippen LogP contribution is 2.29. The van der Waals surface area contributed by atoms with E-state index in [9.17, 15) is 9.90 Å². The molecule has 3 aromatic rings. The highest BCUT2D eigenvalue weighted by atomic mass is 32.1. The molecule has 1 amide bonds. The Labute approximate surface area is 157 Å². The molecule has 0 radical (unpaired) electrons. The fraction of sp³-hybridized carbons (Fsp3) is 0.286. The second-order valence-electron chi connectivity index (χ2n) is 6.14. The Morgan fingerprint density at radius 3 is 2.73 bits per heavy atom. The molecule has 0 saturated carbocycles. The van der Waals surface area contributed by atoms with Crippen LogP contribution >= 0.6 is 11.3 Å². The molecule has 0 saturated heterocycles. The summed E-state index contributed by atoms with van der Waals surface area (Å²) in [5.41, 5.74) is 1.40. The Bertz CT molecular complexity index is 857. The van der Waals surface area contributed by atoms with Gasteiger partial charge >= 0.3 is 0 Å². The summed E-state index contributed by atoms with van der Waals surface area (Å²) in [4.78, 5) is 12.3. The van der Waals surface area contributed by atoms with Crippen LogP contribution in [-0.4, -0.2) is 24.2 Å². The minimum atomic E-state index is -0.730. The van der Waals surface area contributed by atoms with Crippen molar-refractivity contribution in [3.63, 3.8) is 0 Å². The molecular weight excluding hydrogens is 346 g/mol. The number of aliphatic hydroxyl groups is 1. The van der Waals surface area contributed by atoms with Crippen LogP contribution in [0, 0.1) is 0 Å². The molecule has 1 heterocycles. The number of carbonyl (C=O) groups excluding carboxylic acids is 1. The largest absolute Gasteiger partial charge is 0.494 e. The molecule has 0 aliphatic rings. The second-order valence-corrected chi connectivity index (χ2v) is 7.05. The topological polar surface area (TPSA) is 58.6 Å². The van der Waals surface area contributed by atoms with Gasteiger partial charge in [-0.2, -0.15) is 0 Å². The fourth-order valence-electron chi connectivity index (χ4n) is 2.69. The zero-order valence-electron chi connectivity index (χ0n) is 14.8. The number of hydrogen-bond donors (Lipinski definition) is 2. The van der Waals surface area contributed by atoms with Gasteiger partial charge in [0, 0.05) is 22.4 Å². The normalized spacial score (nSPS) is 12.1. The highest BCUT2D eigenvalue weighted by molar-refractivity contribution is 7.17. The van der Waals surface area contributed by atoms with Gasteiger partial charge in [-0.1, -0.05) is 31.5 Å². The standard InChI is InChI=1S/C21H23NO3S/c1-2-3-12-25-16-10-8-15(9-11-16)21(24)22-13-19(23)18-14-26-20-7-5-4-6-17(18)20/h4-11,14,19,23H,2-3,12-13H2,1H3,(H,22,24). The van der Waals surface area contributed by atoms with Crippen LogP contribution in [0.3, 0.4) is 0 Å². The van der Waals surface area contributed by atoms with Crippen LogP contribution in [-0.2, 0) is 0 Å². The van der Waals surface area contributed by atoms with Gasteiger partial charge in [-0.15, -0.1) is 11.3 Å². The number of benzene rings is 2. The number of aliphatic hydroxyl groups excluding tert-OH is 1. The number of carbonyl (C=O) groups is 1. The minimum absolute atomic E-state index is 0.175. The number of thiophene rings is 1. The van der Waals surface area contributed by atoms with Crippen molar-refractivity contribution in [3.05, 3.63) is 65.0 Å². The van der Waals surface area contributed by atoms with Crippen molar-refractivity contribution in [2.75, 3.05) is 13.2 Å². The van der Waals surface area contributed by atoms with Gasteiger partial charge in [0.25, 0.3) is 5.91 Å². The Kier molecular flexibility index (Phi) is 6.26. The molecule has 0 fully saturated rings. The van der Waals surface area contributed by atoms with Crippen molar-refractivity contribution in [2.24, 2.45) is 0 Å². The molecule has 26 heavy (non-hydrogen) atoms. The molecule has 0 spiro atoms. The minimum Gasteiger partial charge on any atom is -0.494 e. The second kappa shape index (κ2) is 8.83. The van der Waals surface area contributed by atoms with Crippen LogP contribution in [0.2, 0.25) is 0 Å². The van der Waals surface area contributed by atoms with E-state index in [2.05, 4.69) is 12.2 Å². The van der Waals surface area contributed by atoms with Gasteiger partial charge < -0.3 is 15.2 Å². The molecule has 0 bridgehead atoms. The van der Waals surface area contributed by atoms with Crippen molar-refractivity contribution in [1.29, 1.82) is 0 Å². The van der Waals surface area contributed by atoms with Crippen molar-refractivity contribution < 1.29 is 14.6 Å². The average molecular weight is 369 g/mol. The highest BCUT2D eigenvalue weighted by Gasteiger charge is 2.14. The molecule has 0 aliphatic heterocycles. The summed E-state index contributed by atoms with van der Waals surface area (Å²) in [7, 11) is 0. The number of unbranched alkanes of at least 4 members (excludes halogenated alkanes) is 1. The molecule has 2 N–H and O–H groups in total. The monoisotopic (exact) mass is 369 g/mol.